The molecule has 1 unspecified atom stereocenters. The molecular weight excluding hydrogens is 214 g/mol. The zero-order valence-corrected chi connectivity index (χ0v) is 10.6. The molecule has 0 aromatic heterocycles. The van der Waals surface area contributed by atoms with E-state index in [9.17, 15) is 10.2 Å². The van der Waals surface area contributed by atoms with Crippen LogP contribution in [0.1, 0.15) is 37.0 Å². The number of aliphatic hydroxyl groups excluding tert-OH is 1. The molecule has 3 heteroatoms. The van der Waals surface area contributed by atoms with Crippen LogP contribution in [0, 0.1) is 13.3 Å². The first kappa shape index (κ1) is 12.4. The predicted octanol–water partition coefficient (Wildman–Crippen LogP) is 1.99. The normalized spacial score (nSPS) is 19.7. The van der Waals surface area contributed by atoms with Crippen molar-refractivity contribution in [3.05, 3.63) is 35.2 Å². The van der Waals surface area contributed by atoms with Gasteiger partial charge in [0.2, 0.25) is 0 Å². The van der Waals surface area contributed by atoms with E-state index in [1.54, 1.807) is 0 Å². The van der Waals surface area contributed by atoms with E-state index in [-0.39, 0.29) is 0 Å². The van der Waals surface area contributed by atoms with E-state index in [1.165, 1.54) is 0 Å². The van der Waals surface area contributed by atoms with E-state index in [1.807, 2.05) is 27.2 Å². The fourth-order valence-electron chi connectivity index (χ4n) is 2.32. The van der Waals surface area contributed by atoms with Crippen LogP contribution in [-0.2, 0) is 6.42 Å². The highest BCUT2D eigenvalue weighted by atomic mass is 16.3. The van der Waals surface area contributed by atoms with E-state index >= 15 is 0 Å². The van der Waals surface area contributed by atoms with Crippen molar-refractivity contribution < 1.29 is 10.2 Å². The van der Waals surface area contributed by atoms with Gasteiger partial charge >= 0.3 is 0 Å². The Bertz CT molecular complexity index is 421. The molecule has 0 spiro atoms. The van der Waals surface area contributed by atoms with Gasteiger partial charge in [0, 0.05) is 12.1 Å². The Balaban J connectivity index is 2.31. The fraction of sp³-hybridized carbons (Fsp3) is 0.500. The lowest BCUT2D eigenvalue weighted by Crippen LogP contribution is -2.25. The molecule has 1 heterocycles. The molecule has 2 rings (SSSR count). The molecule has 3 N–H and O–H groups in total. The number of aryl methyl sites for hydroxylation is 1. The van der Waals surface area contributed by atoms with Crippen molar-refractivity contribution in [3.63, 3.8) is 0 Å². The molecule has 0 amide bonds. The van der Waals surface area contributed by atoms with Crippen LogP contribution in [0.2, 0.25) is 0 Å². The minimum atomic E-state index is -0.692. The van der Waals surface area contributed by atoms with Crippen LogP contribution in [0.25, 0.3) is 0 Å². The average molecular weight is 234 g/mol. The second-order valence-corrected chi connectivity index (χ2v) is 5.47. The van der Waals surface area contributed by atoms with E-state index in [0.717, 1.165) is 22.4 Å². The number of rotatable bonds is 2. The Labute approximate surface area is 102 Å². The SMILES string of the molecule is Cc1cc(CC(C)(C)O)cc2c1NC(O)C[CH]2. The summed E-state index contributed by atoms with van der Waals surface area (Å²) in [5, 5.41) is 22.5. The number of hydrogen-bond acceptors (Lipinski definition) is 3. The molecule has 1 atom stereocenters. The minimum absolute atomic E-state index is 0.485. The zero-order valence-electron chi connectivity index (χ0n) is 10.6. The number of aliphatic hydroxyl groups is 2. The van der Waals surface area contributed by atoms with Gasteiger partial charge in [-0.1, -0.05) is 12.1 Å². The van der Waals surface area contributed by atoms with Crippen molar-refractivity contribution in [2.75, 3.05) is 5.32 Å². The molecule has 0 fully saturated rings. The van der Waals surface area contributed by atoms with E-state index < -0.39 is 11.8 Å². The first-order valence-electron chi connectivity index (χ1n) is 5.99. The Morgan fingerprint density at radius 2 is 2.12 bits per heavy atom. The third-order valence-corrected chi connectivity index (χ3v) is 2.93. The molecule has 0 aliphatic carbocycles. The first-order chi connectivity index (χ1) is 7.85. The van der Waals surface area contributed by atoms with Crippen molar-refractivity contribution in [1.82, 2.24) is 0 Å². The first-order valence-corrected chi connectivity index (χ1v) is 5.99. The highest BCUT2D eigenvalue weighted by Crippen LogP contribution is 2.31. The Morgan fingerprint density at radius 3 is 2.76 bits per heavy atom. The molecule has 1 aromatic carbocycles. The topological polar surface area (TPSA) is 52.5 Å². The van der Waals surface area contributed by atoms with Crippen molar-refractivity contribution in [1.29, 1.82) is 0 Å². The summed E-state index contributed by atoms with van der Waals surface area (Å²) in [6.07, 6.45) is 2.81. The third-order valence-electron chi connectivity index (χ3n) is 2.93. The maximum absolute atomic E-state index is 9.84. The van der Waals surface area contributed by atoms with Crippen LogP contribution in [0.5, 0.6) is 0 Å². The van der Waals surface area contributed by atoms with Gasteiger partial charge in [-0.2, -0.15) is 0 Å². The van der Waals surface area contributed by atoms with E-state index in [2.05, 4.69) is 17.4 Å². The summed E-state index contributed by atoms with van der Waals surface area (Å²) in [6, 6.07) is 4.15. The molecule has 17 heavy (non-hydrogen) atoms. The van der Waals surface area contributed by atoms with Crippen LogP contribution in [0.15, 0.2) is 12.1 Å². The molecular formula is C14H20NO2. The van der Waals surface area contributed by atoms with Crippen LogP contribution < -0.4 is 5.32 Å². The highest BCUT2D eigenvalue weighted by molar-refractivity contribution is 5.63. The molecule has 1 radical (unpaired) electrons. The Morgan fingerprint density at radius 1 is 1.41 bits per heavy atom. The molecule has 1 aliphatic heterocycles. The summed E-state index contributed by atoms with van der Waals surface area (Å²) in [5.74, 6) is 0. The molecule has 0 saturated carbocycles. The third kappa shape index (κ3) is 2.99. The molecule has 0 bridgehead atoms. The molecule has 0 saturated heterocycles. The van der Waals surface area contributed by atoms with Crippen molar-refractivity contribution in [2.45, 2.75) is 45.4 Å². The quantitative estimate of drug-likeness (QED) is 0.733. The van der Waals surface area contributed by atoms with Gasteiger partial charge in [0.1, 0.15) is 6.23 Å². The minimum Gasteiger partial charge on any atom is -0.390 e. The summed E-state index contributed by atoms with van der Waals surface area (Å²) in [7, 11) is 0. The second-order valence-electron chi connectivity index (χ2n) is 5.47. The number of nitrogens with one attached hydrogen (secondary N) is 1. The second kappa shape index (κ2) is 4.31. The number of hydrogen-bond donors (Lipinski definition) is 3. The summed E-state index contributed by atoms with van der Waals surface area (Å²) in [4.78, 5) is 0. The number of anilines is 1. The molecule has 1 aliphatic rings. The summed E-state index contributed by atoms with van der Waals surface area (Å²) < 4.78 is 0. The van der Waals surface area contributed by atoms with Gasteiger partial charge in [-0.15, -0.1) is 0 Å². The monoisotopic (exact) mass is 234 g/mol. The summed E-state index contributed by atoms with van der Waals surface area (Å²) in [6.45, 7) is 5.65. The largest absolute Gasteiger partial charge is 0.390 e. The van der Waals surface area contributed by atoms with Crippen LogP contribution in [-0.4, -0.2) is 22.0 Å². The molecule has 3 nitrogen and oxygen atoms in total. The van der Waals surface area contributed by atoms with E-state index in [0.29, 0.717) is 12.8 Å². The lowest BCUT2D eigenvalue weighted by Gasteiger charge is -2.26. The summed E-state index contributed by atoms with van der Waals surface area (Å²) in [5.41, 5.74) is 3.67. The van der Waals surface area contributed by atoms with E-state index in [4.69, 9.17) is 0 Å². The van der Waals surface area contributed by atoms with Gasteiger partial charge in [0.25, 0.3) is 0 Å². The lowest BCUT2D eigenvalue weighted by atomic mass is 9.91. The van der Waals surface area contributed by atoms with Gasteiger partial charge in [-0.05, 0) is 50.3 Å². The van der Waals surface area contributed by atoms with Crippen LogP contribution in [0.4, 0.5) is 5.69 Å². The summed E-state index contributed by atoms with van der Waals surface area (Å²) >= 11 is 0. The standard InChI is InChI=1S/C14H20NO2/c1-9-6-10(8-14(2,3)17)7-11-4-5-12(16)15-13(9)11/h4,6-7,12,15-17H,5,8H2,1-3H3. The van der Waals surface area contributed by atoms with Crippen LogP contribution in [0.3, 0.4) is 0 Å². The smallest absolute Gasteiger partial charge is 0.125 e. The zero-order chi connectivity index (χ0) is 12.6. The predicted molar refractivity (Wildman–Crippen MR) is 68.8 cm³/mol. The van der Waals surface area contributed by atoms with Gasteiger partial charge in [0.15, 0.2) is 0 Å². The van der Waals surface area contributed by atoms with Gasteiger partial charge in [0.05, 0.1) is 5.60 Å². The van der Waals surface area contributed by atoms with Crippen LogP contribution >= 0.6 is 0 Å². The van der Waals surface area contributed by atoms with Crippen molar-refractivity contribution in [2.24, 2.45) is 0 Å². The highest BCUT2D eigenvalue weighted by Gasteiger charge is 2.20. The van der Waals surface area contributed by atoms with Crippen molar-refractivity contribution in [3.8, 4) is 0 Å². The van der Waals surface area contributed by atoms with Gasteiger partial charge in [-0.3, -0.25) is 0 Å². The van der Waals surface area contributed by atoms with Crippen molar-refractivity contribution >= 4 is 5.69 Å². The maximum Gasteiger partial charge on any atom is 0.125 e. The molecule has 93 valence electrons. The number of fused-ring (bicyclic) bond motifs is 1. The Hall–Kier alpha value is -1.06. The fourth-order valence-corrected chi connectivity index (χ4v) is 2.32. The van der Waals surface area contributed by atoms with Gasteiger partial charge in [-0.25, -0.2) is 0 Å². The van der Waals surface area contributed by atoms with Gasteiger partial charge < -0.3 is 15.5 Å². The Kier molecular flexibility index (Phi) is 3.15. The maximum atomic E-state index is 9.84. The average Bonchev–Trinajstić information content (AvgIpc) is 2.17. The number of benzene rings is 1. The lowest BCUT2D eigenvalue weighted by molar-refractivity contribution is 0.0810. The molecule has 1 aromatic rings.